The average molecular weight is 471 g/mol. The van der Waals surface area contributed by atoms with Crippen molar-refractivity contribution < 1.29 is 23.8 Å². The number of carbonyl (C=O) groups is 2. The molecule has 2 amide bonds. The predicted molar refractivity (Wildman–Crippen MR) is 133 cm³/mol. The zero-order valence-electron chi connectivity index (χ0n) is 21.1. The quantitative estimate of drug-likeness (QED) is 0.444. The monoisotopic (exact) mass is 470 g/mol. The first kappa shape index (κ1) is 27.0. The zero-order valence-corrected chi connectivity index (χ0v) is 21.1. The van der Waals surface area contributed by atoms with Gasteiger partial charge in [-0.2, -0.15) is 0 Å². The van der Waals surface area contributed by atoms with Crippen LogP contribution in [0.25, 0.3) is 0 Å². The number of rotatable bonds is 14. The van der Waals surface area contributed by atoms with Gasteiger partial charge in [0.2, 0.25) is 11.8 Å². The van der Waals surface area contributed by atoms with Gasteiger partial charge >= 0.3 is 0 Å². The summed E-state index contributed by atoms with van der Waals surface area (Å²) in [6.45, 7) is 9.58. The number of carbonyl (C=O) groups excluding carboxylic acids is 2. The molecule has 0 heterocycles. The van der Waals surface area contributed by atoms with Gasteiger partial charge in [0.05, 0.1) is 20.3 Å². The number of ether oxygens (including phenoxy) is 3. The Bertz CT molecular complexity index is 931. The van der Waals surface area contributed by atoms with Crippen LogP contribution in [-0.2, 0) is 22.6 Å². The number of hydrogen-bond donors (Lipinski definition) is 1. The summed E-state index contributed by atoms with van der Waals surface area (Å²) in [5.74, 6) is 1.88. The highest BCUT2D eigenvalue weighted by Crippen LogP contribution is 2.29. The number of nitrogens with one attached hydrogen (secondary N) is 1. The van der Waals surface area contributed by atoms with Gasteiger partial charge in [-0.1, -0.05) is 25.1 Å². The average Bonchev–Trinajstić information content (AvgIpc) is 2.84. The summed E-state index contributed by atoms with van der Waals surface area (Å²) in [5, 5.41) is 2.87. The molecule has 1 atom stereocenters. The van der Waals surface area contributed by atoms with Crippen LogP contribution in [0.1, 0.15) is 51.7 Å². The highest BCUT2D eigenvalue weighted by atomic mass is 16.5. The third kappa shape index (κ3) is 7.68. The second-order valence-electron chi connectivity index (χ2n) is 7.84. The third-order valence-electron chi connectivity index (χ3n) is 5.46. The van der Waals surface area contributed by atoms with E-state index in [1.807, 2.05) is 70.2 Å². The number of likely N-dealkylation sites (N-methyl/N-ethyl adjacent to an activating group) is 1. The van der Waals surface area contributed by atoms with Crippen molar-refractivity contribution in [1.29, 1.82) is 0 Å². The van der Waals surface area contributed by atoms with E-state index in [1.54, 1.807) is 12.0 Å². The topological polar surface area (TPSA) is 77.1 Å². The summed E-state index contributed by atoms with van der Waals surface area (Å²) in [7, 11) is 1.61. The van der Waals surface area contributed by atoms with Crippen LogP contribution in [0.5, 0.6) is 17.2 Å². The second-order valence-corrected chi connectivity index (χ2v) is 7.84. The minimum absolute atomic E-state index is 0.0761. The van der Waals surface area contributed by atoms with Crippen LogP contribution in [0.4, 0.5) is 0 Å². The van der Waals surface area contributed by atoms with E-state index in [0.717, 1.165) is 11.1 Å². The molecule has 0 aliphatic rings. The Kier molecular flexibility index (Phi) is 11.2. The van der Waals surface area contributed by atoms with Crippen LogP contribution in [0.2, 0.25) is 0 Å². The molecule has 0 fully saturated rings. The molecule has 2 aromatic carbocycles. The maximum atomic E-state index is 13.4. The first-order valence-corrected chi connectivity index (χ1v) is 12.1. The molecule has 2 rings (SSSR count). The van der Waals surface area contributed by atoms with Crippen molar-refractivity contribution in [1.82, 2.24) is 10.2 Å². The molecule has 1 unspecified atom stereocenters. The number of aryl methyl sites for hydroxylation is 1. The van der Waals surface area contributed by atoms with Crippen molar-refractivity contribution in [2.75, 3.05) is 26.9 Å². The Balaban J connectivity index is 2.23. The van der Waals surface area contributed by atoms with Crippen molar-refractivity contribution >= 4 is 11.8 Å². The second kappa shape index (κ2) is 14.1. The number of hydrogen-bond acceptors (Lipinski definition) is 5. The highest BCUT2D eigenvalue weighted by molar-refractivity contribution is 5.87. The Morgan fingerprint density at radius 3 is 2.32 bits per heavy atom. The standard InChI is InChI=1S/C27H38N2O5/c1-6-23(27(31)28-7-2)29(19-21-11-10-12-22(17-21)32-5)26(30)16-14-20-13-15-24(33-8-3)25(18-20)34-9-4/h10-13,15,17-18,23H,6-9,14,16,19H2,1-5H3,(H,28,31). The smallest absolute Gasteiger partial charge is 0.242 e. The lowest BCUT2D eigenvalue weighted by atomic mass is 10.1. The van der Waals surface area contributed by atoms with Gasteiger partial charge in [0.25, 0.3) is 0 Å². The molecule has 0 bridgehead atoms. The van der Waals surface area contributed by atoms with Crippen LogP contribution < -0.4 is 19.5 Å². The number of nitrogens with zero attached hydrogens (tertiary/aromatic N) is 1. The molecule has 0 spiro atoms. The first-order chi connectivity index (χ1) is 16.5. The van der Waals surface area contributed by atoms with Gasteiger partial charge in [0.1, 0.15) is 11.8 Å². The van der Waals surface area contributed by atoms with Crippen LogP contribution in [0.15, 0.2) is 42.5 Å². The van der Waals surface area contributed by atoms with Gasteiger partial charge in [-0.25, -0.2) is 0 Å². The van der Waals surface area contributed by atoms with E-state index in [2.05, 4.69) is 5.32 Å². The molecule has 7 nitrogen and oxygen atoms in total. The minimum Gasteiger partial charge on any atom is -0.497 e. The molecular formula is C27H38N2O5. The van der Waals surface area contributed by atoms with Gasteiger partial charge < -0.3 is 24.4 Å². The minimum atomic E-state index is -0.544. The van der Waals surface area contributed by atoms with E-state index < -0.39 is 6.04 Å². The first-order valence-electron chi connectivity index (χ1n) is 12.1. The summed E-state index contributed by atoms with van der Waals surface area (Å²) in [6, 6.07) is 12.8. The fraction of sp³-hybridized carbons (Fsp3) is 0.481. The SMILES string of the molecule is CCNC(=O)C(CC)N(Cc1cccc(OC)c1)C(=O)CCc1ccc(OCC)c(OCC)c1. The Morgan fingerprint density at radius 1 is 0.941 bits per heavy atom. The Hall–Kier alpha value is -3.22. The van der Waals surface area contributed by atoms with Gasteiger partial charge in [-0.15, -0.1) is 0 Å². The van der Waals surface area contributed by atoms with Crippen molar-refractivity contribution in [3.8, 4) is 17.2 Å². The molecule has 0 aromatic heterocycles. The van der Waals surface area contributed by atoms with Crippen molar-refractivity contribution in [2.45, 2.75) is 59.5 Å². The summed E-state index contributed by atoms with van der Waals surface area (Å²) < 4.78 is 16.7. The fourth-order valence-electron chi connectivity index (χ4n) is 3.82. The normalized spacial score (nSPS) is 11.4. The largest absolute Gasteiger partial charge is 0.497 e. The maximum absolute atomic E-state index is 13.4. The van der Waals surface area contributed by atoms with E-state index in [1.165, 1.54) is 0 Å². The summed E-state index contributed by atoms with van der Waals surface area (Å²) in [5.41, 5.74) is 1.89. The Morgan fingerprint density at radius 2 is 1.68 bits per heavy atom. The molecule has 0 aliphatic carbocycles. The van der Waals surface area contributed by atoms with Crippen LogP contribution in [0.3, 0.4) is 0 Å². The van der Waals surface area contributed by atoms with Gasteiger partial charge in [-0.05, 0) is 69.0 Å². The number of benzene rings is 2. The van der Waals surface area contributed by atoms with E-state index in [-0.39, 0.29) is 18.2 Å². The van der Waals surface area contributed by atoms with Gasteiger partial charge in [0.15, 0.2) is 11.5 Å². The van der Waals surface area contributed by atoms with Gasteiger partial charge in [0, 0.05) is 19.5 Å². The summed E-state index contributed by atoms with van der Waals surface area (Å²) in [4.78, 5) is 27.9. The van der Waals surface area contributed by atoms with Gasteiger partial charge in [-0.3, -0.25) is 9.59 Å². The van der Waals surface area contributed by atoms with Crippen LogP contribution in [0, 0.1) is 0 Å². The molecule has 0 radical (unpaired) electrons. The molecule has 0 aliphatic heterocycles. The van der Waals surface area contributed by atoms with E-state index >= 15 is 0 Å². The summed E-state index contributed by atoms with van der Waals surface area (Å²) in [6.07, 6.45) is 1.34. The van der Waals surface area contributed by atoms with E-state index in [4.69, 9.17) is 14.2 Å². The Labute approximate surface area is 203 Å². The van der Waals surface area contributed by atoms with Crippen molar-refractivity contribution in [3.63, 3.8) is 0 Å². The zero-order chi connectivity index (χ0) is 24.9. The number of methoxy groups -OCH3 is 1. The van der Waals surface area contributed by atoms with Crippen molar-refractivity contribution in [2.24, 2.45) is 0 Å². The fourth-order valence-corrected chi connectivity index (χ4v) is 3.82. The lowest BCUT2D eigenvalue weighted by Crippen LogP contribution is -2.49. The molecule has 0 saturated carbocycles. The number of amides is 2. The molecule has 1 N–H and O–H groups in total. The molecule has 186 valence electrons. The molecule has 2 aromatic rings. The lowest BCUT2D eigenvalue weighted by Gasteiger charge is -2.30. The van der Waals surface area contributed by atoms with Crippen LogP contribution in [-0.4, -0.2) is 49.6 Å². The summed E-state index contributed by atoms with van der Waals surface area (Å²) >= 11 is 0. The maximum Gasteiger partial charge on any atom is 0.242 e. The highest BCUT2D eigenvalue weighted by Gasteiger charge is 2.28. The molecule has 7 heteroatoms. The predicted octanol–water partition coefficient (Wildman–Crippen LogP) is 4.37. The molecule has 34 heavy (non-hydrogen) atoms. The molecular weight excluding hydrogens is 432 g/mol. The third-order valence-corrected chi connectivity index (χ3v) is 5.46. The van der Waals surface area contributed by atoms with E-state index in [0.29, 0.717) is 56.4 Å². The van der Waals surface area contributed by atoms with Crippen LogP contribution >= 0.6 is 0 Å². The van der Waals surface area contributed by atoms with Crippen molar-refractivity contribution in [3.05, 3.63) is 53.6 Å². The van der Waals surface area contributed by atoms with E-state index in [9.17, 15) is 9.59 Å². The molecule has 0 saturated heterocycles. The lowest BCUT2D eigenvalue weighted by molar-refractivity contribution is -0.141.